The van der Waals surface area contributed by atoms with Crippen molar-refractivity contribution in [1.82, 2.24) is 9.80 Å². The zero-order valence-corrected chi connectivity index (χ0v) is 18.4. The van der Waals surface area contributed by atoms with Gasteiger partial charge in [0.2, 0.25) is 0 Å². The van der Waals surface area contributed by atoms with Gasteiger partial charge in [-0.25, -0.2) is 9.53 Å². The minimum absolute atomic E-state index is 0.840. The Bertz CT molecular complexity index is 730. The molecule has 0 bridgehead atoms. The zero-order valence-electron chi connectivity index (χ0n) is 15.8. The topological polar surface area (TPSA) is 40.4 Å². The molecule has 1 aromatic carbocycles. The summed E-state index contributed by atoms with van der Waals surface area (Å²) < 4.78 is 15.5. The second-order valence-corrected chi connectivity index (χ2v) is 11.7. The number of methoxy groups -OCH3 is 1. The van der Waals surface area contributed by atoms with Crippen molar-refractivity contribution >= 4 is 45.5 Å². The summed E-state index contributed by atoms with van der Waals surface area (Å²) >= 11 is 7.86. The number of thioether (sulfide) groups is 1. The quantitative estimate of drug-likeness (QED) is 0.672. The van der Waals surface area contributed by atoms with E-state index in [4.69, 9.17) is 26.1 Å². The minimum atomic E-state index is -2.39. The second kappa shape index (κ2) is 8.54. The van der Waals surface area contributed by atoms with Crippen LogP contribution in [-0.4, -0.2) is 53.4 Å². The van der Waals surface area contributed by atoms with E-state index in [9.17, 15) is 0 Å². The maximum Gasteiger partial charge on any atom is 0.194 e. The normalized spacial score (nSPS) is 22.9. The molecule has 1 aromatic rings. The first-order valence-corrected chi connectivity index (χ1v) is 13.3. The number of nitrogens with zero attached hydrogens (tertiary/aromatic N) is 4. The van der Waals surface area contributed by atoms with E-state index in [0.29, 0.717) is 0 Å². The van der Waals surface area contributed by atoms with Crippen molar-refractivity contribution in [3.8, 4) is 5.75 Å². The highest BCUT2D eigenvalue weighted by Gasteiger charge is 2.32. The lowest BCUT2D eigenvalue weighted by atomic mass is 10.1. The predicted molar refractivity (Wildman–Crippen MR) is 120 cm³/mol. The molecule has 0 aliphatic carbocycles. The summed E-state index contributed by atoms with van der Waals surface area (Å²) in [6.45, 7) is 4.32. The van der Waals surface area contributed by atoms with Crippen molar-refractivity contribution in [3.63, 3.8) is 0 Å². The fourth-order valence-corrected chi connectivity index (χ4v) is 8.19. The van der Waals surface area contributed by atoms with Crippen LogP contribution in [0.1, 0.15) is 38.5 Å². The van der Waals surface area contributed by atoms with E-state index in [0.717, 1.165) is 47.6 Å². The van der Waals surface area contributed by atoms with Gasteiger partial charge in [-0.05, 0) is 86.4 Å². The van der Waals surface area contributed by atoms with E-state index in [1.807, 2.05) is 24.3 Å². The molecule has 3 aliphatic rings. The minimum Gasteiger partial charge on any atom is -0.497 e. The lowest BCUT2D eigenvalue weighted by Crippen LogP contribution is -2.40. The summed E-state index contributed by atoms with van der Waals surface area (Å²) in [7, 11) is 1.68. The molecule has 3 aliphatic heterocycles. The molecule has 0 N–H and O–H groups in total. The number of benzene rings is 1. The average Bonchev–Trinajstić information content (AvgIpc) is 2.75. The first-order valence-electron chi connectivity index (χ1n) is 9.81. The summed E-state index contributed by atoms with van der Waals surface area (Å²) in [6.07, 6.45) is 5.18. The van der Waals surface area contributed by atoms with E-state index >= 15 is 0 Å². The van der Waals surface area contributed by atoms with Gasteiger partial charge in [-0.2, -0.15) is 0 Å². The number of hydrogen-bond donors (Lipinski definition) is 0. The molecule has 5 nitrogen and oxygen atoms in total. The molecule has 2 fully saturated rings. The van der Waals surface area contributed by atoms with Crippen LogP contribution in [0.15, 0.2) is 33.8 Å². The molecule has 0 spiro atoms. The molecule has 0 unspecified atom stereocenters. The Hall–Kier alpha value is -1.04. The number of likely N-dealkylation sites (tertiary alicyclic amines) is 2. The lowest BCUT2D eigenvalue weighted by Gasteiger charge is -2.36. The van der Waals surface area contributed by atoms with Crippen LogP contribution < -0.4 is 10.0 Å². The van der Waals surface area contributed by atoms with Crippen molar-refractivity contribution < 1.29 is 4.74 Å². The molecule has 0 radical (unpaired) electrons. The van der Waals surface area contributed by atoms with Gasteiger partial charge in [-0.1, -0.05) is 0 Å². The van der Waals surface area contributed by atoms with Gasteiger partial charge >= 0.3 is 0 Å². The number of piperidine rings is 2. The van der Waals surface area contributed by atoms with Crippen LogP contribution in [0.3, 0.4) is 0 Å². The molecule has 146 valence electrons. The Labute approximate surface area is 171 Å². The third-order valence-electron chi connectivity index (χ3n) is 5.29. The highest BCUT2D eigenvalue weighted by molar-refractivity contribution is 8.29. The van der Waals surface area contributed by atoms with Crippen LogP contribution in [0, 0.1) is 0 Å². The average molecular weight is 423 g/mol. The Morgan fingerprint density at radius 2 is 1.33 bits per heavy atom. The largest absolute Gasteiger partial charge is 0.497 e. The van der Waals surface area contributed by atoms with Gasteiger partial charge in [0.1, 0.15) is 5.75 Å². The summed E-state index contributed by atoms with van der Waals surface area (Å²) in [5.74, 6) is 0.840. The van der Waals surface area contributed by atoms with Gasteiger partial charge in [0, 0.05) is 31.5 Å². The zero-order chi connectivity index (χ0) is 18.7. The fourth-order valence-electron chi connectivity index (χ4n) is 3.69. The van der Waals surface area contributed by atoms with Crippen LogP contribution in [0.5, 0.6) is 5.75 Å². The molecular formula is C19H27N4OPS2. The number of hydrogen-bond acceptors (Lipinski definition) is 5. The molecule has 27 heavy (non-hydrogen) atoms. The standard InChI is InChI=1S/C19H27N4OPS2/c1-24-16-8-10-17(11-9-16)25(26)20-18(22-12-4-2-5-13-22)27-19(21-25)23-14-6-3-7-15-23/h8-11H,2-7,12-15H2,1H3. The van der Waals surface area contributed by atoms with Crippen molar-refractivity contribution in [3.05, 3.63) is 24.3 Å². The molecule has 3 heterocycles. The first-order chi connectivity index (χ1) is 13.2. The van der Waals surface area contributed by atoms with Gasteiger partial charge in [-0.3, -0.25) is 0 Å². The van der Waals surface area contributed by atoms with Crippen LogP contribution in [0.4, 0.5) is 0 Å². The van der Waals surface area contributed by atoms with Gasteiger partial charge in [0.25, 0.3) is 0 Å². The summed E-state index contributed by atoms with van der Waals surface area (Å²) in [5.41, 5.74) is 0. The highest BCUT2D eigenvalue weighted by Crippen LogP contribution is 2.53. The second-order valence-electron chi connectivity index (χ2n) is 7.20. The van der Waals surface area contributed by atoms with E-state index in [1.54, 1.807) is 18.9 Å². The van der Waals surface area contributed by atoms with Crippen LogP contribution >= 0.6 is 18.1 Å². The first kappa shape index (κ1) is 19.3. The number of rotatable bonds is 2. The third-order valence-corrected chi connectivity index (χ3v) is 9.64. The SMILES string of the molecule is COc1ccc(P2(=S)N=C(N3CCCCC3)SC(N3CCCCC3)=N2)cc1. The third kappa shape index (κ3) is 4.36. The maximum atomic E-state index is 6.12. The van der Waals surface area contributed by atoms with E-state index < -0.39 is 6.34 Å². The number of ether oxygens (including phenoxy) is 1. The smallest absolute Gasteiger partial charge is 0.194 e. The van der Waals surface area contributed by atoms with Gasteiger partial charge in [0.15, 0.2) is 16.7 Å². The van der Waals surface area contributed by atoms with Crippen molar-refractivity contribution in [2.45, 2.75) is 38.5 Å². The van der Waals surface area contributed by atoms with Gasteiger partial charge in [-0.15, -0.1) is 0 Å². The summed E-state index contributed by atoms with van der Waals surface area (Å²) in [5, 5.41) is 3.22. The summed E-state index contributed by atoms with van der Waals surface area (Å²) in [6, 6.07) is 8.03. The molecule has 0 saturated carbocycles. The van der Waals surface area contributed by atoms with Gasteiger partial charge in [0.05, 0.1) is 7.11 Å². The Morgan fingerprint density at radius 3 is 1.78 bits per heavy atom. The lowest BCUT2D eigenvalue weighted by molar-refractivity contribution is 0.345. The molecule has 0 aromatic heterocycles. The van der Waals surface area contributed by atoms with Crippen LogP contribution in [0.25, 0.3) is 0 Å². The Morgan fingerprint density at radius 1 is 0.852 bits per heavy atom. The van der Waals surface area contributed by atoms with E-state index in [-0.39, 0.29) is 0 Å². The Kier molecular flexibility index (Phi) is 6.10. The predicted octanol–water partition coefficient (Wildman–Crippen LogP) is 4.06. The maximum absolute atomic E-state index is 6.12. The van der Waals surface area contributed by atoms with Crippen LogP contribution in [0.2, 0.25) is 0 Å². The molecule has 4 rings (SSSR count). The summed E-state index contributed by atoms with van der Waals surface area (Å²) in [4.78, 5) is 4.86. The molecular weight excluding hydrogens is 395 g/mol. The molecule has 0 atom stereocenters. The highest BCUT2D eigenvalue weighted by atomic mass is 32.4. The monoisotopic (exact) mass is 422 g/mol. The fraction of sp³-hybridized carbons (Fsp3) is 0.579. The molecule has 2 saturated heterocycles. The van der Waals surface area contributed by atoms with Crippen molar-refractivity contribution in [2.24, 2.45) is 9.53 Å². The van der Waals surface area contributed by atoms with Gasteiger partial charge < -0.3 is 14.5 Å². The van der Waals surface area contributed by atoms with Crippen LogP contribution in [-0.2, 0) is 11.8 Å². The Balaban J connectivity index is 1.69. The van der Waals surface area contributed by atoms with E-state index in [1.165, 1.54) is 38.5 Å². The molecule has 0 amide bonds. The molecule has 8 heteroatoms. The van der Waals surface area contributed by atoms with E-state index in [2.05, 4.69) is 9.80 Å². The van der Waals surface area contributed by atoms with Crippen molar-refractivity contribution in [1.29, 1.82) is 0 Å². The number of amidine groups is 2. The van der Waals surface area contributed by atoms with Crippen molar-refractivity contribution in [2.75, 3.05) is 33.3 Å².